The summed E-state index contributed by atoms with van der Waals surface area (Å²) in [5, 5.41) is 16.6. The second-order valence-electron chi connectivity index (χ2n) is 4.44. The maximum atomic E-state index is 12.3. The molecule has 20 heavy (non-hydrogen) atoms. The van der Waals surface area contributed by atoms with Crippen LogP contribution in [-0.2, 0) is 30.2 Å². The third-order valence-corrected chi connectivity index (χ3v) is 4.49. The van der Waals surface area contributed by atoms with Crippen molar-refractivity contribution >= 4 is 10.0 Å². The Morgan fingerprint density at radius 2 is 2.15 bits per heavy atom. The van der Waals surface area contributed by atoms with Gasteiger partial charge in [0.15, 0.2) is 0 Å². The van der Waals surface area contributed by atoms with Gasteiger partial charge in [-0.2, -0.15) is 0 Å². The van der Waals surface area contributed by atoms with E-state index in [1.807, 2.05) is 0 Å². The van der Waals surface area contributed by atoms with Crippen LogP contribution in [0.2, 0.25) is 0 Å². The number of aryl methyl sites for hydroxylation is 2. The SMILES string of the molecule is Cc1ccc(CO)cc1S(=O)(=O)NCc1nncn1C. The minimum absolute atomic E-state index is 0.0572. The third kappa shape index (κ3) is 3.03. The van der Waals surface area contributed by atoms with E-state index in [1.165, 1.54) is 12.4 Å². The monoisotopic (exact) mass is 296 g/mol. The third-order valence-electron chi connectivity index (χ3n) is 2.95. The van der Waals surface area contributed by atoms with Crippen LogP contribution in [0, 0.1) is 6.92 Å². The molecule has 0 spiro atoms. The van der Waals surface area contributed by atoms with E-state index < -0.39 is 10.0 Å². The molecule has 2 rings (SSSR count). The summed E-state index contributed by atoms with van der Waals surface area (Å²) in [7, 11) is -1.92. The van der Waals surface area contributed by atoms with Gasteiger partial charge in [-0.15, -0.1) is 10.2 Å². The fourth-order valence-electron chi connectivity index (χ4n) is 1.74. The van der Waals surface area contributed by atoms with Crippen LogP contribution in [0.25, 0.3) is 0 Å². The fourth-order valence-corrected chi connectivity index (χ4v) is 3.01. The van der Waals surface area contributed by atoms with Crippen molar-refractivity contribution < 1.29 is 13.5 Å². The number of nitrogens with zero attached hydrogens (tertiary/aromatic N) is 3. The summed E-state index contributed by atoms with van der Waals surface area (Å²) >= 11 is 0. The van der Waals surface area contributed by atoms with Crippen molar-refractivity contribution in [1.82, 2.24) is 19.5 Å². The first-order valence-electron chi connectivity index (χ1n) is 5.97. The van der Waals surface area contributed by atoms with Crippen molar-refractivity contribution in [3.05, 3.63) is 41.5 Å². The smallest absolute Gasteiger partial charge is 0.241 e. The van der Waals surface area contributed by atoms with Crippen molar-refractivity contribution in [3.8, 4) is 0 Å². The molecule has 2 aromatic rings. The summed E-state index contributed by atoms with van der Waals surface area (Å²) < 4.78 is 28.7. The maximum Gasteiger partial charge on any atom is 0.241 e. The van der Waals surface area contributed by atoms with Crippen LogP contribution < -0.4 is 4.72 Å². The molecule has 2 N–H and O–H groups in total. The zero-order valence-electron chi connectivity index (χ0n) is 11.2. The minimum atomic E-state index is -3.66. The van der Waals surface area contributed by atoms with Gasteiger partial charge in [-0.05, 0) is 24.1 Å². The van der Waals surface area contributed by atoms with E-state index in [1.54, 1.807) is 30.7 Å². The Bertz CT molecular complexity index is 709. The van der Waals surface area contributed by atoms with E-state index >= 15 is 0 Å². The van der Waals surface area contributed by atoms with Crippen molar-refractivity contribution in [3.63, 3.8) is 0 Å². The average molecular weight is 296 g/mol. The molecule has 0 radical (unpaired) electrons. The quantitative estimate of drug-likeness (QED) is 0.815. The number of benzene rings is 1. The van der Waals surface area contributed by atoms with Crippen LogP contribution in [0.1, 0.15) is 17.0 Å². The molecule has 108 valence electrons. The van der Waals surface area contributed by atoms with Crippen molar-refractivity contribution in [1.29, 1.82) is 0 Å². The number of aromatic nitrogens is 3. The van der Waals surface area contributed by atoms with Crippen LogP contribution in [0.4, 0.5) is 0 Å². The van der Waals surface area contributed by atoms with E-state index in [9.17, 15) is 8.42 Å². The van der Waals surface area contributed by atoms with Crippen molar-refractivity contribution in [2.75, 3.05) is 0 Å². The number of nitrogens with one attached hydrogen (secondary N) is 1. The Labute approximate surface area is 117 Å². The maximum absolute atomic E-state index is 12.3. The van der Waals surface area contributed by atoms with Gasteiger partial charge < -0.3 is 9.67 Å². The van der Waals surface area contributed by atoms with Crippen LogP contribution >= 0.6 is 0 Å². The first kappa shape index (κ1) is 14.6. The predicted molar refractivity (Wildman–Crippen MR) is 72.1 cm³/mol. The number of hydrogen-bond acceptors (Lipinski definition) is 5. The zero-order chi connectivity index (χ0) is 14.8. The Morgan fingerprint density at radius 3 is 2.75 bits per heavy atom. The zero-order valence-corrected chi connectivity index (χ0v) is 12.1. The number of aliphatic hydroxyl groups is 1. The Kier molecular flexibility index (Phi) is 4.17. The molecule has 0 aliphatic heterocycles. The van der Waals surface area contributed by atoms with Crippen LogP contribution in [0.5, 0.6) is 0 Å². The molecule has 0 bridgehead atoms. The standard InChI is InChI=1S/C12H16N4O3S/c1-9-3-4-10(7-17)5-11(9)20(18,19)14-6-12-15-13-8-16(12)2/h3-5,8,14,17H,6-7H2,1-2H3. The highest BCUT2D eigenvalue weighted by molar-refractivity contribution is 7.89. The van der Waals surface area contributed by atoms with Crippen molar-refractivity contribution in [2.24, 2.45) is 7.05 Å². The van der Waals surface area contributed by atoms with Crippen molar-refractivity contribution in [2.45, 2.75) is 25.0 Å². The van der Waals surface area contributed by atoms with Gasteiger partial charge in [-0.3, -0.25) is 0 Å². The van der Waals surface area contributed by atoms with Gasteiger partial charge in [0, 0.05) is 7.05 Å². The topological polar surface area (TPSA) is 97.1 Å². The van der Waals surface area contributed by atoms with Gasteiger partial charge in [-0.1, -0.05) is 12.1 Å². The largest absolute Gasteiger partial charge is 0.392 e. The van der Waals surface area contributed by atoms with Gasteiger partial charge in [0.1, 0.15) is 12.2 Å². The number of rotatable bonds is 5. The van der Waals surface area contributed by atoms with Gasteiger partial charge in [0.2, 0.25) is 10.0 Å². The van der Waals surface area contributed by atoms with E-state index in [0.717, 1.165) is 0 Å². The number of hydrogen-bond donors (Lipinski definition) is 2. The lowest BCUT2D eigenvalue weighted by Gasteiger charge is -2.10. The molecule has 0 atom stereocenters. The summed E-state index contributed by atoms with van der Waals surface area (Å²) in [4.78, 5) is 0.159. The van der Waals surface area contributed by atoms with Crippen LogP contribution in [-0.4, -0.2) is 28.3 Å². The summed E-state index contributed by atoms with van der Waals surface area (Å²) in [5.74, 6) is 0.518. The normalized spacial score (nSPS) is 11.8. The molecule has 0 unspecified atom stereocenters. The van der Waals surface area contributed by atoms with Gasteiger partial charge in [-0.25, -0.2) is 13.1 Å². The Hall–Kier alpha value is -1.77. The summed E-state index contributed by atoms with van der Waals surface area (Å²) in [6.45, 7) is 1.56. The molecule has 0 fully saturated rings. The lowest BCUT2D eigenvalue weighted by atomic mass is 10.2. The van der Waals surface area contributed by atoms with Gasteiger partial charge >= 0.3 is 0 Å². The molecule has 0 saturated heterocycles. The second kappa shape index (κ2) is 5.70. The lowest BCUT2D eigenvalue weighted by Crippen LogP contribution is -2.25. The fraction of sp³-hybridized carbons (Fsp3) is 0.333. The Balaban J connectivity index is 2.24. The molecule has 0 amide bonds. The molecule has 1 heterocycles. The molecule has 0 saturated carbocycles. The van der Waals surface area contributed by atoms with E-state index in [4.69, 9.17) is 5.11 Å². The first-order chi connectivity index (χ1) is 9.44. The lowest BCUT2D eigenvalue weighted by molar-refractivity contribution is 0.281. The Morgan fingerprint density at radius 1 is 1.40 bits per heavy atom. The van der Waals surface area contributed by atoms with E-state index in [0.29, 0.717) is 17.0 Å². The molecular formula is C12H16N4O3S. The van der Waals surface area contributed by atoms with Crippen LogP contribution in [0.15, 0.2) is 29.4 Å². The van der Waals surface area contributed by atoms with Gasteiger partial charge in [0.25, 0.3) is 0 Å². The molecular weight excluding hydrogens is 280 g/mol. The highest BCUT2D eigenvalue weighted by Gasteiger charge is 2.18. The summed E-state index contributed by atoms with van der Waals surface area (Å²) in [5.41, 5.74) is 1.17. The van der Waals surface area contributed by atoms with E-state index in [-0.39, 0.29) is 18.0 Å². The minimum Gasteiger partial charge on any atom is -0.392 e. The summed E-state index contributed by atoms with van der Waals surface area (Å²) in [6, 6.07) is 4.83. The number of aliphatic hydroxyl groups excluding tert-OH is 1. The highest BCUT2D eigenvalue weighted by atomic mass is 32.2. The summed E-state index contributed by atoms with van der Waals surface area (Å²) in [6.07, 6.45) is 1.50. The molecule has 8 heteroatoms. The second-order valence-corrected chi connectivity index (χ2v) is 6.18. The van der Waals surface area contributed by atoms with Gasteiger partial charge in [0.05, 0.1) is 18.0 Å². The molecule has 1 aromatic heterocycles. The highest BCUT2D eigenvalue weighted by Crippen LogP contribution is 2.17. The molecule has 1 aromatic carbocycles. The first-order valence-corrected chi connectivity index (χ1v) is 7.45. The van der Waals surface area contributed by atoms with E-state index in [2.05, 4.69) is 14.9 Å². The molecule has 0 aliphatic rings. The van der Waals surface area contributed by atoms with Crippen LogP contribution in [0.3, 0.4) is 0 Å². The number of sulfonamides is 1. The average Bonchev–Trinajstić information content (AvgIpc) is 2.82. The molecule has 7 nitrogen and oxygen atoms in total. The molecule has 0 aliphatic carbocycles. The predicted octanol–water partition coefficient (Wildman–Crippen LogP) is 0.0943.